The van der Waals surface area contributed by atoms with E-state index in [1.54, 1.807) is 11.4 Å². The molecular formula is C19H11F3N4O4S2. The van der Waals surface area contributed by atoms with Crippen molar-refractivity contribution in [2.45, 2.75) is 13.3 Å². The van der Waals surface area contributed by atoms with Gasteiger partial charge in [-0.3, -0.25) is 20.2 Å². The molecule has 0 spiro atoms. The third-order valence-corrected chi connectivity index (χ3v) is 6.20. The van der Waals surface area contributed by atoms with E-state index in [1.165, 1.54) is 48.7 Å². The maximum Gasteiger partial charge on any atom is 0.573 e. The number of fused-ring (bicyclic) bond motifs is 1. The molecule has 13 heteroatoms. The van der Waals surface area contributed by atoms with Gasteiger partial charge in [0.25, 0.3) is 5.91 Å². The lowest BCUT2D eigenvalue weighted by molar-refractivity contribution is -0.380. The molecule has 1 N–H and O–H groups in total. The summed E-state index contributed by atoms with van der Waals surface area (Å²) >= 11 is 2.00. The number of ether oxygens (including phenoxy) is 1. The summed E-state index contributed by atoms with van der Waals surface area (Å²) in [6.07, 6.45) is -3.35. The Labute approximate surface area is 185 Å². The molecule has 0 saturated carbocycles. The van der Waals surface area contributed by atoms with Gasteiger partial charge < -0.3 is 4.74 Å². The lowest BCUT2D eigenvalue weighted by atomic mass is 10.1. The predicted octanol–water partition coefficient (Wildman–Crippen LogP) is 5.79. The number of amides is 1. The molecule has 0 fully saturated rings. The van der Waals surface area contributed by atoms with E-state index in [0.717, 1.165) is 0 Å². The average Bonchev–Trinajstić information content (AvgIpc) is 3.36. The van der Waals surface area contributed by atoms with Gasteiger partial charge in [-0.1, -0.05) is 23.5 Å². The Morgan fingerprint density at radius 2 is 2.03 bits per heavy atom. The molecule has 3 aromatic heterocycles. The number of benzene rings is 1. The predicted molar refractivity (Wildman–Crippen MR) is 113 cm³/mol. The van der Waals surface area contributed by atoms with Crippen molar-refractivity contribution in [3.63, 3.8) is 0 Å². The van der Waals surface area contributed by atoms with Gasteiger partial charge in [-0.15, -0.1) is 24.5 Å². The number of aryl methyl sites for hydroxylation is 1. The van der Waals surface area contributed by atoms with Crippen LogP contribution in [0.25, 0.3) is 21.3 Å². The van der Waals surface area contributed by atoms with Crippen LogP contribution in [0.4, 0.5) is 24.1 Å². The van der Waals surface area contributed by atoms with Crippen molar-refractivity contribution in [3.05, 3.63) is 62.5 Å². The highest BCUT2D eigenvalue weighted by molar-refractivity contribution is 7.17. The summed E-state index contributed by atoms with van der Waals surface area (Å²) in [7, 11) is 0. The number of nitrogens with one attached hydrogen (secondary N) is 1. The summed E-state index contributed by atoms with van der Waals surface area (Å²) in [5.74, 6) is -0.983. The van der Waals surface area contributed by atoms with Crippen LogP contribution in [0.3, 0.4) is 0 Å². The number of carbonyl (C=O) groups is 1. The molecule has 8 nitrogen and oxygen atoms in total. The van der Waals surface area contributed by atoms with Gasteiger partial charge in [-0.2, -0.15) is 0 Å². The highest BCUT2D eigenvalue weighted by Crippen LogP contribution is 2.36. The van der Waals surface area contributed by atoms with Crippen molar-refractivity contribution in [1.82, 2.24) is 9.97 Å². The van der Waals surface area contributed by atoms with E-state index < -0.39 is 17.2 Å². The summed E-state index contributed by atoms with van der Waals surface area (Å²) in [6, 6.07) is 6.97. The standard InChI is InChI=1S/C19H11F3N4O4S2/c1-9-2-3-10(6-12(9)30-19(20,21)22)11-8-31-14-7-23-18(24-16(11)14)25-17(27)13-4-5-15(32-13)26(28)29/h2-8H,1H3,(H,23,24,25,27). The van der Waals surface area contributed by atoms with Crippen LogP contribution in [0.15, 0.2) is 41.9 Å². The minimum absolute atomic E-state index is 0.0444. The Morgan fingerprint density at radius 3 is 2.72 bits per heavy atom. The fraction of sp³-hybridized carbons (Fsp3) is 0.105. The van der Waals surface area contributed by atoms with Crippen LogP contribution in [-0.2, 0) is 0 Å². The highest BCUT2D eigenvalue weighted by Gasteiger charge is 2.32. The van der Waals surface area contributed by atoms with Crippen molar-refractivity contribution in [2.75, 3.05) is 5.32 Å². The molecule has 0 atom stereocenters. The van der Waals surface area contributed by atoms with Gasteiger partial charge in [-0.25, -0.2) is 9.97 Å². The van der Waals surface area contributed by atoms with Gasteiger partial charge in [0.1, 0.15) is 5.75 Å². The topological polar surface area (TPSA) is 107 Å². The first kappa shape index (κ1) is 21.6. The first-order chi connectivity index (χ1) is 15.1. The normalized spacial score (nSPS) is 11.5. The summed E-state index contributed by atoms with van der Waals surface area (Å²) < 4.78 is 42.8. The van der Waals surface area contributed by atoms with Gasteiger partial charge in [0.15, 0.2) is 0 Å². The molecule has 0 aliphatic heterocycles. The molecule has 1 aromatic carbocycles. The Balaban J connectivity index is 1.65. The lowest BCUT2D eigenvalue weighted by Gasteiger charge is -2.12. The van der Waals surface area contributed by atoms with Crippen LogP contribution in [0.1, 0.15) is 15.2 Å². The number of hydrogen-bond donors (Lipinski definition) is 1. The highest BCUT2D eigenvalue weighted by atomic mass is 32.1. The number of hydrogen-bond acceptors (Lipinski definition) is 8. The van der Waals surface area contributed by atoms with E-state index in [0.29, 0.717) is 38.2 Å². The van der Waals surface area contributed by atoms with Gasteiger partial charge in [0, 0.05) is 17.0 Å². The smallest absolute Gasteiger partial charge is 0.405 e. The lowest BCUT2D eigenvalue weighted by Crippen LogP contribution is -2.17. The number of aromatic nitrogens is 2. The molecule has 164 valence electrons. The number of halogens is 3. The SMILES string of the molecule is Cc1ccc(-c2csc3cnc(NC(=O)c4ccc([N+](=O)[O-])s4)nc23)cc1OC(F)(F)F. The van der Waals surface area contributed by atoms with Crippen molar-refractivity contribution in [3.8, 4) is 16.9 Å². The summed E-state index contributed by atoms with van der Waals surface area (Å²) in [6.45, 7) is 1.50. The molecule has 0 saturated heterocycles. The Kier molecular flexibility index (Phi) is 5.52. The van der Waals surface area contributed by atoms with Crippen LogP contribution in [0.2, 0.25) is 0 Å². The number of nitrogens with zero attached hydrogens (tertiary/aromatic N) is 3. The summed E-state index contributed by atoms with van der Waals surface area (Å²) in [4.78, 5) is 31.1. The number of rotatable bonds is 5. The second-order valence-corrected chi connectivity index (χ2v) is 8.41. The fourth-order valence-electron chi connectivity index (χ4n) is 2.81. The zero-order chi connectivity index (χ0) is 23.0. The third kappa shape index (κ3) is 4.53. The Bertz CT molecular complexity index is 1350. The minimum atomic E-state index is -4.82. The second kappa shape index (κ2) is 8.16. The van der Waals surface area contributed by atoms with E-state index in [2.05, 4.69) is 20.0 Å². The monoisotopic (exact) mass is 480 g/mol. The molecule has 0 unspecified atom stereocenters. The molecule has 0 aliphatic rings. The Hall–Kier alpha value is -3.58. The van der Waals surface area contributed by atoms with Crippen LogP contribution in [0, 0.1) is 17.0 Å². The quantitative estimate of drug-likeness (QED) is 0.286. The van der Waals surface area contributed by atoms with Crippen LogP contribution >= 0.6 is 22.7 Å². The van der Waals surface area contributed by atoms with Gasteiger partial charge >= 0.3 is 11.4 Å². The van der Waals surface area contributed by atoms with E-state index in [1.807, 2.05) is 0 Å². The molecule has 1 amide bonds. The largest absolute Gasteiger partial charge is 0.573 e. The van der Waals surface area contributed by atoms with Gasteiger partial charge in [0.2, 0.25) is 5.95 Å². The fourth-order valence-corrected chi connectivity index (χ4v) is 4.40. The van der Waals surface area contributed by atoms with Gasteiger partial charge in [0.05, 0.1) is 26.2 Å². The van der Waals surface area contributed by atoms with Gasteiger partial charge in [-0.05, 0) is 30.2 Å². The molecule has 3 heterocycles. The van der Waals surface area contributed by atoms with Crippen molar-refractivity contribution < 1.29 is 27.6 Å². The van der Waals surface area contributed by atoms with Crippen molar-refractivity contribution >= 4 is 49.7 Å². The second-order valence-electron chi connectivity index (χ2n) is 6.43. The molecule has 0 aliphatic carbocycles. The van der Waals surface area contributed by atoms with E-state index in [9.17, 15) is 28.1 Å². The van der Waals surface area contributed by atoms with E-state index >= 15 is 0 Å². The zero-order valence-corrected chi connectivity index (χ0v) is 17.6. The molecular weight excluding hydrogens is 469 g/mol. The van der Waals surface area contributed by atoms with Crippen LogP contribution in [0.5, 0.6) is 5.75 Å². The first-order valence-electron chi connectivity index (χ1n) is 8.77. The minimum Gasteiger partial charge on any atom is -0.405 e. The maximum absolute atomic E-state index is 12.7. The number of nitro groups is 1. The van der Waals surface area contributed by atoms with Crippen LogP contribution < -0.4 is 10.1 Å². The molecule has 4 aromatic rings. The van der Waals surface area contributed by atoms with Crippen LogP contribution in [-0.4, -0.2) is 27.2 Å². The van der Waals surface area contributed by atoms with E-state index in [-0.39, 0.29) is 21.6 Å². The number of anilines is 1. The number of thiophene rings is 2. The number of alkyl halides is 3. The zero-order valence-electron chi connectivity index (χ0n) is 16.0. The number of carbonyl (C=O) groups excluding carboxylic acids is 1. The summed E-state index contributed by atoms with van der Waals surface area (Å²) in [5.41, 5.74) is 1.74. The van der Waals surface area contributed by atoms with E-state index in [4.69, 9.17) is 0 Å². The Morgan fingerprint density at radius 1 is 1.25 bits per heavy atom. The first-order valence-corrected chi connectivity index (χ1v) is 10.5. The third-order valence-electron chi connectivity index (χ3n) is 4.26. The average molecular weight is 480 g/mol. The molecule has 4 rings (SSSR count). The van der Waals surface area contributed by atoms with Crippen molar-refractivity contribution in [2.24, 2.45) is 0 Å². The molecule has 0 bridgehead atoms. The molecule has 0 radical (unpaired) electrons. The molecule has 32 heavy (non-hydrogen) atoms. The van der Waals surface area contributed by atoms with Crippen molar-refractivity contribution in [1.29, 1.82) is 0 Å². The maximum atomic E-state index is 12.7. The summed E-state index contributed by atoms with van der Waals surface area (Å²) in [5, 5.41) is 14.8.